The maximum atomic E-state index is 12.6. The fourth-order valence-electron chi connectivity index (χ4n) is 2.16. The van der Waals surface area contributed by atoms with Crippen molar-refractivity contribution in [2.75, 3.05) is 5.73 Å². The van der Waals surface area contributed by atoms with Crippen molar-refractivity contribution >= 4 is 16.9 Å². The van der Waals surface area contributed by atoms with Crippen LogP contribution in [0.3, 0.4) is 0 Å². The minimum atomic E-state index is -4.40. The zero-order chi connectivity index (χ0) is 16.6. The molecule has 0 aliphatic carbocycles. The molecule has 0 radical (unpaired) electrons. The Bertz CT molecular complexity index is 909. The van der Waals surface area contributed by atoms with Crippen LogP contribution < -0.4 is 5.73 Å². The molecule has 3 aromatic rings. The van der Waals surface area contributed by atoms with Crippen LogP contribution in [0.25, 0.3) is 11.2 Å². The second-order valence-corrected chi connectivity index (χ2v) is 4.77. The van der Waals surface area contributed by atoms with Gasteiger partial charge >= 0.3 is 6.18 Å². The molecule has 2 aromatic heterocycles. The SMILES string of the molecule is N#Cc1nc2nonc2c(N)c1Cc1ccc(C(F)(F)F)cc1. The predicted molar refractivity (Wildman–Crippen MR) is 73.0 cm³/mol. The molecule has 6 nitrogen and oxygen atoms in total. The third-order valence-electron chi connectivity index (χ3n) is 3.32. The molecule has 2 heterocycles. The second kappa shape index (κ2) is 5.24. The number of benzene rings is 1. The molecule has 0 fully saturated rings. The second-order valence-electron chi connectivity index (χ2n) is 4.77. The van der Waals surface area contributed by atoms with Crippen LogP contribution in [0.15, 0.2) is 28.9 Å². The summed E-state index contributed by atoms with van der Waals surface area (Å²) >= 11 is 0. The molecule has 2 N–H and O–H groups in total. The van der Waals surface area contributed by atoms with Crippen LogP contribution >= 0.6 is 0 Å². The standard InChI is InChI=1S/C14H8F3N5O/c15-14(16,17)8-3-1-7(2-4-8)5-9-10(6-18)20-13-12(11(9)19)21-23-22-13/h1-4H,5,19H2. The molecule has 23 heavy (non-hydrogen) atoms. The van der Waals surface area contributed by atoms with Crippen molar-refractivity contribution in [3.63, 3.8) is 0 Å². The van der Waals surface area contributed by atoms with E-state index in [0.717, 1.165) is 12.1 Å². The van der Waals surface area contributed by atoms with Gasteiger partial charge in [-0.2, -0.15) is 18.4 Å². The van der Waals surface area contributed by atoms with Crippen molar-refractivity contribution in [3.05, 3.63) is 46.6 Å². The number of pyridine rings is 1. The first-order valence-corrected chi connectivity index (χ1v) is 6.37. The summed E-state index contributed by atoms with van der Waals surface area (Å²) in [7, 11) is 0. The zero-order valence-corrected chi connectivity index (χ0v) is 11.4. The van der Waals surface area contributed by atoms with E-state index in [1.807, 2.05) is 6.07 Å². The van der Waals surface area contributed by atoms with Crippen LogP contribution in [-0.2, 0) is 12.6 Å². The summed E-state index contributed by atoms with van der Waals surface area (Å²) in [4.78, 5) is 3.98. The summed E-state index contributed by atoms with van der Waals surface area (Å²) in [5.74, 6) is 0. The van der Waals surface area contributed by atoms with Gasteiger partial charge in [0.2, 0.25) is 5.65 Å². The normalized spacial score (nSPS) is 11.6. The van der Waals surface area contributed by atoms with E-state index in [0.29, 0.717) is 11.1 Å². The van der Waals surface area contributed by atoms with E-state index >= 15 is 0 Å². The number of aromatic nitrogens is 3. The number of halogens is 3. The van der Waals surface area contributed by atoms with Gasteiger partial charge in [-0.3, -0.25) is 0 Å². The number of anilines is 1. The molecule has 9 heteroatoms. The topological polar surface area (TPSA) is 102 Å². The van der Waals surface area contributed by atoms with Crippen molar-refractivity contribution in [2.24, 2.45) is 0 Å². The smallest absolute Gasteiger partial charge is 0.396 e. The van der Waals surface area contributed by atoms with Crippen molar-refractivity contribution in [3.8, 4) is 6.07 Å². The predicted octanol–water partition coefficient (Wildman–Crippen LogP) is 2.68. The van der Waals surface area contributed by atoms with Crippen LogP contribution in [0.2, 0.25) is 0 Å². The van der Waals surface area contributed by atoms with Gasteiger partial charge in [0.05, 0.1) is 11.3 Å². The third kappa shape index (κ3) is 2.66. The highest BCUT2D eigenvalue weighted by Gasteiger charge is 2.30. The third-order valence-corrected chi connectivity index (χ3v) is 3.32. The summed E-state index contributed by atoms with van der Waals surface area (Å²) in [6, 6.07) is 6.50. The van der Waals surface area contributed by atoms with Gasteiger partial charge in [0, 0.05) is 12.0 Å². The first-order valence-electron chi connectivity index (χ1n) is 6.37. The highest BCUT2D eigenvalue weighted by Crippen LogP contribution is 2.30. The molecule has 0 bridgehead atoms. The number of nitrogens with two attached hydrogens (primary N) is 1. The molecule has 0 aliphatic heterocycles. The zero-order valence-electron chi connectivity index (χ0n) is 11.4. The molecule has 0 amide bonds. The number of alkyl halides is 3. The Morgan fingerprint density at radius 2 is 1.87 bits per heavy atom. The molecule has 0 saturated heterocycles. The molecule has 0 unspecified atom stereocenters. The van der Waals surface area contributed by atoms with Gasteiger partial charge in [-0.25, -0.2) is 9.61 Å². The van der Waals surface area contributed by atoms with Gasteiger partial charge in [0.25, 0.3) is 0 Å². The van der Waals surface area contributed by atoms with E-state index < -0.39 is 11.7 Å². The van der Waals surface area contributed by atoms with Crippen LogP contribution in [-0.4, -0.2) is 15.3 Å². The van der Waals surface area contributed by atoms with E-state index in [-0.39, 0.29) is 29.0 Å². The number of nitriles is 1. The molecule has 1 aromatic carbocycles. The van der Waals surface area contributed by atoms with Gasteiger partial charge in [0.15, 0.2) is 5.52 Å². The van der Waals surface area contributed by atoms with Crippen molar-refractivity contribution in [1.29, 1.82) is 5.26 Å². The summed E-state index contributed by atoms with van der Waals surface area (Å²) in [6.45, 7) is 0. The van der Waals surface area contributed by atoms with E-state index in [1.54, 1.807) is 0 Å². The van der Waals surface area contributed by atoms with Crippen LogP contribution in [0.5, 0.6) is 0 Å². The summed E-state index contributed by atoms with van der Waals surface area (Å²) in [6.07, 6.45) is -4.26. The summed E-state index contributed by atoms with van der Waals surface area (Å²) in [5, 5.41) is 16.3. The number of nitrogen functional groups attached to an aromatic ring is 1. The maximum Gasteiger partial charge on any atom is 0.416 e. The minimum Gasteiger partial charge on any atom is -0.396 e. The summed E-state index contributed by atoms with van der Waals surface area (Å²) < 4.78 is 42.2. The van der Waals surface area contributed by atoms with Crippen molar-refractivity contribution in [2.45, 2.75) is 12.6 Å². The van der Waals surface area contributed by atoms with Crippen LogP contribution in [0.4, 0.5) is 18.9 Å². The minimum absolute atomic E-state index is 0.0330. The number of rotatable bonds is 2. The Kier molecular flexibility index (Phi) is 3.37. The fourth-order valence-corrected chi connectivity index (χ4v) is 2.16. The summed E-state index contributed by atoms with van der Waals surface area (Å²) in [5.41, 5.74) is 6.66. The number of hydrogen-bond donors (Lipinski definition) is 1. The first-order chi connectivity index (χ1) is 10.9. The van der Waals surface area contributed by atoms with E-state index in [4.69, 9.17) is 5.73 Å². The molecule has 0 atom stereocenters. The van der Waals surface area contributed by atoms with Crippen molar-refractivity contribution in [1.82, 2.24) is 15.3 Å². The van der Waals surface area contributed by atoms with Crippen LogP contribution in [0.1, 0.15) is 22.4 Å². The van der Waals surface area contributed by atoms with Crippen LogP contribution in [0, 0.1) is 11.3 Å². The maximum absolute atomic E-state index is 12.6. The largest absolute Gasteiger partial charge is 0.416 e. The quantitative estimate of drug-likeness (QED) is 0.779. The first kappa shape index (κ1) is 14.8. The van der Waals surface area contributed by atoms with E-state index in [2.05, 4.69) is 19.9 Å². The lowest BCUT2D eigenvalue weighted by Crippen LogP contribution is -2.06. The van der Waals surface area contributed by atoms with Gasteiger partial charge < -0.3 is 5.73 Å². The van der Waals surface area contributed by atoms with Crippen molar-refractivity contribution < 1.29 is 17.8 Å². The lowest BCUT2D eigenvalue weighted by atomic mass is 10.0. The van der Waals surface area contributed by atoms with E-state index in [1.165, 1.54) is 12.1 Å². The molecular formula is C14H8F3N5O. The Morgan fingerprint density at radius 3 is 2.48 bits per heavy atom. The Labute approximate surface area is 127 Å². The molecular weight excluding hydrogens is 311 g/mol. The van der Waals surface area contributed by atoms with Gasteiger partial charge in [-0.1, -0.05) is 12.1 Å². The van der Waals surface area contributed by atoms with E-state index in [9.17, 15) is 18.4 Å². The Balaban J connectivity index is 2.01. The van der Waals surface area contributed by atoms with Gasteiger partial charge in [-0.15, -0.1) is 0 Å². The average molecular weight is 319 g/mol. The molecule has 0 spiro atoms. The molecule has 0 saturated carbocycles. The number of hydrogen-bond acceptors (Lipinski definition) is 6. The number of nitrogens with zero attached hydrogens (tertiary/aromatic N) is 4. The molecule has 116 valence electrons. The highest BCUT2D eigenvalue weighted by atomic mass is 19.4. The number of fused-ring (bicyclic) bond motifs is 1. The molecule has 0 aliphatic rings. The van der Waals surface area contributed by atoms with Gasteiger partial charge in [-0.05, 0) is 28.0 Å². The highest BCUT2D eigenvalue weighted by molar-refractivity contribution is 5.86. The fraction of sp³-hybridized carbons (Fsp3) is 0.143. The Hall–Kier alpha value is -3.15. The van der Waals surface area contributed by atoms with Gasteiger partial charge in [0.1, 0.15) is 11.8 Å². The average Bonchev–Trinajstić information content (AvgIpc) is 2.98. The lowest BCUT2D eigenvalue weighted by Gasteiger charge is -2.09. The lowest BCUT2D eigenvalue weighted by molar-refractivity contribution is -0.137. The molecule has 3 rings (SSSR count). The Morgan fingerprint density at radius 1 is 1.17 bits per heavy atom. The monoisotopic (exact) mass is 319 g/mol.